The molecule has 0 aliphatic carbocycles. The molecule has 1 amide bonds. The second kappa shape index (κ2) is 8.46. The van der Waals surface area contributed by atoms with Gasteiger partial charge in [-0.05, 0) is 38.2 Å². The SMILES string of the molecule is Cc1nc2nc(NCc3ccccc3)[nH]n2c(=O)c1CCC(=O)N1CCCCC1. The van der Waals surface area contributed by atoms with Crippen molar-refractivity contribution in [2.75, 3.05) is 18.4 Å². The maximum atomic E-state index is 12.9. The summed E-state index contributed by atoms with van der Waals surface area (Å²) in [5.41, 5.74) is 2.11. The predicted octanol–water partition coefficient (Wildman–Crippen LogP) is 2.28. The number of carbonyl (C=O) groups excluding carboxylic acids is 1. The molecule has 3 aromatic rings. The minimum Gasteiger partial charge on any atom is -0.351 e. The number of aromatic amines is 1. The number of hydrogen-bond donors (Lipinski definition) is 2. The molecule has 152 valence electrons. The van der Waals surface area contributed by atoms with Crippen LogP contribution >= 0.6 is 0 Å². The first kappa shape index (κ1) is 19.2. The molecule has 29 heavy (non-hydrogen) atoms. The van der Waals surface area contributed by atoms with Crippen LogP contribution in [-0.2, 0) is 17.8 Å². The summed E-state index contributed by atoms with van der Waals surface area (Å²) in [5, 5.41) is 6.16. The first-order chi connectivity index (χ1) is 14.1. The zero-order valence-electron chi connectivity index (χ0n) is 16.6. The molecule has 0 radical (unpaired) electrons. The molecule has 1 fully saturated rings. The summed E-state index contributed by atoms with van der Waals surface area (Å²) in [7, 11) is 0. The van der Waals surface area contributed by atoms with Gasteiger partial charge in [-0.2, -0.15) is 9.50 Å². The fraction of sp³-hybridized carbons (Fsp3) is 0.429. The third-order valence-corrected chi connectivity index (χ3v) is 5.40. The van der Waals surface area contributed by atoms with E-state index in [4.69, 9.17) is 0 Å². The van der Waals surface area contributed by atoms with Crippen molar-refractivity contribution >= 4 is 17.6 Å². The van der Waals surface area contributed by atoms with Crippen molar-refractivity contribution in [3.63, 3.8) is 0 Å². The molecule has 0 bridgehead atoms. The number of carbonyl (C=O) groups is 1. The van der Waals surface area contributed by atoms with Gasteiger partial charge in [0.25, 0.3) is 11.3 Å². The third kappa shape index (κ3) is 4.31. The molecule has 2 N–H and O–H groups in total. The summed E-state index contributed by atoms with van der Waals surface area (Å²) in [6.07, 6.45) is 4.03. The largest absolute Gasteiger partial charge is 0.351 e. The van der Waals surface area contributed by atoms with Crippen LogP contribution in [0.4, 0.5) is 5.95 Å². The standard InChI is InChI=1S/C21H26N6O2/c1-15-17(10-11-18(28)26-12-6-3-7-13-26)19(29)27-21(23-15)24-20(25-27)22-14-16-8-4-2-5-9-16/h2,4-5,8-9H,3,6-7,10-14H2,1H3,(H2,22,23,24,25). The smallest absolute Gasteiger partial charge is 0.277 e. The van der Waals surface area contributed by atoms with E-state index in [9.17, 15) is 9.59 Å². The number of anilines is 1. The molecule has 0 saturated carbocycles. The highest BCUT2D eigenvalue weighted by Crippen LogP contribution is 2.13. The zero-order chi connectivity index (χ0) is 20.2. The Bertz CT molecular complexity index is 1050. The fourth-order valence-corrected chi connectivity index (χ4v) is 3.74. The highest BCUT2D eigenvalue weighted by molar-refractivity contribution is 5.76. The number of likely N-dealkylation sites (tertiary alicyclic amines) is 1. The Balaban J connectivity index is 1.48. The van der Waals surface area contributed by atoms with Crippen molar-refractivity contribution in [3.05, 3.63) is 57.5 Å². The van der Waals surface area contributed by atoms with Gasteiger partial charge in [0.15, 0.2) is 0 Å². The summed E-state index contributed by atoms with van der Waals surface area (Å²) in [5.74, 6) is 0.928. The lowest BCUT2D eigenvalue weighted by Gasteiger charge is -2.26. The summed E-state index contributed by atoms with van der Waals surface area (Å²) in [4.78, 5) is 36.1. The van der Waals surface area contributed by atoms with E-state index in [1.54, 1.807) is 6.92 Å². The van der Waals surface area contributed by atoms with Crippen molar-refractivity contribution in [1.29, 1.82) is 0 Å². The van der Waals surface area contributed by atoms with Gasteiger partial charge in [0.1, 0.15) is 0 Å². The van der Waals surface area contributed by atoms with Gasteiger partial charge in [0.05, 0.1) is 5.69 Å². The molecule has 0 spiro atoms. The Labute approximate surface area is 169 Å². The van der Waals surface area contributed by atoms with Crippen LogP contribution in [0.25, 0.3) is 5.78 Å². The average molecular weight is 394 g/mol. The van der Waals surface area contributed by atoms with Crippen molar-refractivity contribution in [3.8, 4) is 0 Å². The lowest BCUT2D eigenvalue weighted by Crippen LogP contribution is -2.36. The fourth-order valence-electron chi connectivity index (χ4n) is 3.74. The number of H-pyrrole nitrogens is 1. The average Bonchev–Trinajstić information content (AvgIpc) is 3.16. The summed E-state index contributed by atoms with van der Waals surface area (Å²) < 4.78 is 1.35. The molecule has 1 saturated heterocycles. The summed E-state index contributed by atoms with van der Waals surface area (Å²) >= 11 is 0. The number of benzene rings is 1. The van der Waals surface area contributed by atoms with Crippen LogP contribution in [-0.4, -0.2) is 43.5 Å². The Kier molecular flexibility index (Phi) is 5.59. The number of piperidine rings is 1. The molecule has 8 heteroatoms. The van der Waals surface area contributed by atoms with Gasteiger partial charge in [0.2, 0.25) is 11.9 Å². The molecular formula is C21H26N6O2. The first-order valence-corrected chi connectivity index (χ1v) is 10.2. The molecule has 8 nitrogen and oxygen atoms in total. The molecule has 0 atom stereocenters. The Morgan fingerprint density at radius 3 is 2.66 bits per heavy atom. The first-order valence-electron chi connectivity index (χ1n) is 10.2. The highest BCUT2D eigenvalue weighted by Gasteiger charge is 2.19. The van der Waals surface area contributed by atoms with E-state index >= 15 is 0 Å². The van der Waals surface area contributed by atoms with Crippen molar-refractivity contribution in [2.24, 2.45) is 0 Å². The minimum atomic E-state index is -0.195. The molecule has 2 aromatic heterocycles. The molecule has 1 aromatic carbocycles. The van der Waals surface area contributed by atoms with Crippen molar-refractivity contribution in [1.82, 2.24) is 24.5 Å². The van der Waals surface area contributed by atoms with Crippen LogP contribution in [0.5, 0.6) is 0 Å². The van der Waals surface area contributed by atoms with Gasteiger partial charge >= 0.3 is 0 Å². The Morgan fingerprint density at radius 2 is 1.90 bits per heavy atom. The predicted molar refractivity (Wildman–Crippen MR) is 111 cm³/mol. The second-order valence-electron chi connectivity index (χ2n) is 7.47. The van der Waals surface area contributed by atoms with E-state index in [0.717, 1.165) is 31.5 Å². The van der Waals surface area contributed by atoms with Crippen LogP contribution in [0, 0.1) is 6.92 Å². The van der Waals surface area contributed by atoms with Gasteiger partial charge in [-0.25, -0.2) is 4.98 Å². The van der Waals surface area contributed by atoms with Crippen LogP contribution in [0.1, 0.15) is 42.5 Å². The van der Waals surface area contributed by atoms with Gasteiger partial charge in [-0.15, -0.1) is 0 Å². The molecule has 1 aliphatic heterocycles. The third-order valence-electron chi connectivity index (χ3n) is 5.40. The molecule has 3 heterocycles. The van der Waals surface area contributed by atoms with E-state index in [1.807, 2.05) is 35.2 Å². The van der Waals surface area contributed by atoms with Crippen LogP contribution in [0.3, 0.4) is 0 Å². The van der Waals surface area contributed by atoms with Gasteiger partial charge < -0.3 is 10.2 Å². The number of rotatable bonds is 6. The van der Waals surface area contributed by atoms with Crippen molar-refractivity contribution < 1.29 is 4.79 Å². The lowest BCUT2D eigenvalue weighted by molar-refractivity contribution is -0.132. The number of aryl methyl sites for hydroxylation is 1. The molecular weight excluding hydrogens is 368 g/mol. The molecule has 1 aliphatic rings. The summed E-state index contributed by atoms with van der Waals surface area (Å²) in [6.45, 7) is 4.04. The number of nitrogens with zero attached hydrogens (tertiary/aromatic N) is 4. The monoisotopic (exact) mass is 394 g/mol. The van der Waals surface area contributed by atoms with E-state index in [0.29, 0.717) is 42.4 Å². The minimum absolute atomic E-state index is 0.114. The Morgan fingerprint density at radius 1 is 1.14 bits per heavy atom. The van der Waals surface area contributed by atoms with Crippen LogP contribution in [0.15, 0.2) is 35.1 Å². The van der Waals surface area contributed by atoms with E-state index < -0.39 is 0 Å². The number of nitrogens with one attached hydrogen (secondary N) is 2. The number of fused-ring (bicyclic) bond motifs is 1. The van der Waals surface area contributed by atoms with E-state index in [-0.39, 0.29) is 11.5 Å². The summed E-state index contributed by atoms with van der Waals surface area (Å²) in [6, 6.07) is 9.95. The van der Waals surface area contributed by atoms with Gasteiger partial charge in [0, 0.05) is 31.6 Å². The van der Waals surface area contributed by atoms with E-state index in [1.165, 1.54) is 10.9 Å². The molecule has 4 rings (SSSR count). The number of aromatic nitrogens is 4. The number of hydrogen-bond acceptors (Lipinski definition) is 5. The maximum absolute atomic E-state index is 12.9. The quantitative estimate of drug-likeness (QED) is 0.669. The lowest BCUT2D eigenvalue weighted by atomic mass is 10.1. The van der Waals surface area contributed by atoms with Gasteiger partial charge in [-0.3, -0.25) is 14.7 Å². The number of amides is 1. The maximum Gasteiger partial charge on any atom is 0.277 e. The van der Waals surface area contributed by atoms with E-state index in [2.05, 4.69) is 20.4 Å². The topological polar surface area (TPSA) is 95.4 Å². The van der Waals surface area contributed by atoms with Crippen LogP contribution < -0.4 is 10.9 Å². The Hall–Kier alpha value is -3.16. The highest BCUT2D eigenvalue weighted by atomic mass is 16.2. The van der Waals surface area contributed by atoms with Gasteiger partial charge in [-0.1, -0.05) is 30.3 Å². The van der Waals surface area contributed by atoms with Crippen LogP contribution in [0.2, 0.25) is 0 Å². The zero-order valence-corrected chi connectivity index (χ0v) is 16.6. The second-order valence-corrected chi connectivity index (χ2v) is 7.47. The van der Waals surface area contributed by atoms with Crippen molar-refractivity contribution in [2.45, 2.75) is 45.6 Å². The molecule has 0 unspecified atom stereocenters. The normalized spacial score (nSPS) is 14.3.